The molecule has 3 heterocycles. The van der Waals surface area contributed by atoms with Crippen LogP contribution in [0.5, 0.6) is 5.88 Å². The van der Waals surface area contributed by atoms with Gasteiger partial charge in [-0.1, -0.05) is 18.2 Å². The number of aromatic amines is 1. The van der Waals surface area contributed by atoms with Gasteiger partial charge in [0.25, 0.3) is 0 Å². The number of aromatic nitrogens is 2. The number of rotatable bonds is 4. The molecule has 1 aromatic carbocycles. The van der Waals surface area contributed by atoms with Gasteiger partial charge in [-0.25, -0.2) is 8.42 Å². The van der Waals surface area contributed by atoms with Crippen LogP contribution < -0.4 is 0 Å². The Morgan fingerprint density at radius 3 is 2.43 bits per heavy atom. The van der Waals surface area contributed by atoms with Gasteiger partial charge in [0, 0.05) is 49.3 Å². The van der Waals surface area contributed by atoms with E-state index in [2.05, 4.69) is 28.7 Å². The van der Waals surface area contributed by atoms with E-state index in [4.69, 9.17) is 0 Å². The van der Waals surface area contributed by atoms with E-state index in [-0.39, 0.29) is 10.8 Å². The predicted octanol–water partition coefficient (Wildman–Crippen LogP) is 2.65. The first-order valence-corrected chi connectivity index (χ1v) is 10.8. The number of benzene rings is 1. The number of piperazine rings is 1. The number of hydrogen-bond acceptors (Lipinski definition) is 5. The zero-order chi connectivity index (χ0) is 19.9. The van der Waals surface area contributed by atoms with E-state index in [0.717, 1.165) is 24.0 Å². The first-order chi connectivity index (χ1) is 13.4. The van der Waals surface area contributed by atoms with Crippen molar-refractivity contribution in [1.29, 1.82) is 0 Å². The van der Waals surface area contributed by atoms with Crippen LogP contribution in [0.15, 0.2) is 47.5 Å². The number of para-hydroxylation sites is 1. The van der Waals surface area contributed by atoms with Crippen molar-refractivity contribution in [1.82, 2.24) is 19.2 Å². The largest absolute Gasteiger partial charge is 0.494 e. The lowest BCUT2D eigenvalue weighted by atomic mass is 10.1. The van der Waals surface area contributed by atoms with Crippen molar-refractivity contribution in [3.8, 4) is 17.1 Å². The van der Waals surface area contributed by atoms with Crippen LogP contribution >= 0.6 is 0 Å². The highest BCUT2D eigenvalue weighted by Crippen LogP contribution is 2.35. The van der Waals surface area contributed by atoms with Gasteiger partial charge in [0.1, 0.15) is 4.90 Å². The molecule has 1 aliphatic heterocycles. The highest BCUT2D eigenvalue weighted by atomic mass is 32.2. The summed E-state index contributed by atoms with van der Waals surface area (Å²) in [6, 6.07) is 11.1. The maximum atomic E-state index is 13.0. The third kappa shape index (κ3) is 3.28. The molecule has 0 unspecified atom stereocenters. The SMILES string of the molecule is CC(C)N1CCN(S(=O)(=O)c2ccc(-c3c(O)[nH]c4ccccc34)nc2)CC1. The molecule has 0 saturated carbocycles. The van der Waals surface area contributed by atoms with E-state index < -0.39 is 10.0 Å². The normalized spacial score (nSPS) is 16.8. The van der Waals surface area contributed by atoms with E-state index in [9.17, 15) is 13.5 Å². The molecule has 7 nitrogen and oxygen atoms in total. The quantitative estimate of drug-likeness (QED) is 0.703. The van der Waals surface area contributed by atoms with Crippen molar-refractivity contribution in [2.45, 2.75) is 24.8 Å². The smallest absolute Gasteiger partial charge is 0.244 e. The van der Waals surface area contributed by atoms with Crippen LogP contribution in [0.3, 0.4) is 0 Å². The van der Waals surface area contributed by atoms with Gasteiger partial charge in [-0.15, -0.1) is 0 Å². The summed E-state index contributed by atoms with van der Waals surface area (Å²) in [4.78, 5) is 9.71. The first kappa shape index (κ1) is 18.9. The number of nitrogens with one attached hydrogen (secondary N) is 1. The minimum atomic E-state index is -3.58. The molecule has 0 aliphatic carbocycles. The molecule has 1 saturated heterocycles. The van der Waals surface area contributed by atoms with Gasteiger partial charge in [0.05, 0.1) is 11.3 Å². The number of fused-ring (bicyclic) bond motifs is 1. The zero-order valence-electron chi connectivity index (χ0n) is 16.0. The van der Waals surface area contributed by atoms with Crippen molar-refractivity contribution in [2.24, 2.45) is 0 Å². The van der Waals surface area contributed by atoms with E-state index in [1.165, 1.54) is 10.5 Å². The Balaban J connectivity index is 1.60. The highest BCUT2D eigenvalue weighted by Gasteiger charge is 2.29. The molecule has 1 fully saturated rings. The van der Waals surface area contributed by atoms with E-state index in [0.29, 0.717) is 30.4 Å². The van der Waals surface area contributed by atoms with Gasteiger partial charge < -0.3 is 10.1 Å². The minimum Gasteiger partial charge on any atom is -0.494 e. The van der Waals surface area contributed by atoms with Crippen LogP contribution in [0.4, 0.5) is 0 Å². The molecule has 0 bridgehead atoms. The average Bonchev–Trinajstić information content (AvgIpc) is 3.04. The second-order valence-electron chi connectivity index (χ2n) is 7.31. The standard InChI is InChI=1S/C20H24N4O3S/c1-14(2)23-9-11-24(12-10-23)28(26,27)15-7-8-18(21-13-15)19-16-5-3-4-6-17(16)22-20(19)25/h3-8,13-14,22,25H,9-12H2,1-2H3. The number of pyridine rings is 1. The first-order valence-electron chi connectivity index (χ1n) is 9.38. The summed E-state index contributed by atoms with van der Waals surface area (Å²) >= 11 is 0. The molecule has 0 atom stereocenters. The van der Waals surface area contributed by atoms with Crippen molar-refractivity contribution >= 4 is 20.9 Å². The summed E-state index contributed by atoms with van der Waals surface area (Å²) in [7, 11) is -3.58. The highest BCUT2D eigenvalue weighted by molar-refractivity contribution is 7.89. The number of sulfonamides is 1. The van der Waals surface area contributed by atoms with Crippen LogP contribution in [0, 0.1) is 0 Å². The monoisotopic (exact) mass is 400 g/mol. The van der Waals surface area contributed by atoms with Gasteiger partial charge in [-0.05, 0) is 32.0 Å². The van der Waals surface area contributed by atoms with Crippen molar-refractivity contribution in [3.05, 3.63) is 42.6 Å². The number of H-pyrrole nitrogens is 1. The van der Waals surface area contributed by atoms with Crippen molar-refractivity contribution < 1.29 is 13.5 Å². The Morgan fingerprint density at radius 2 is 1.79 bits per heavy atom. The maximum absolute atomic E-state index is 13.0. The van der Waals surface area contributed by atoms with Gasteiger partial charge >= 0.3 is 0 Å². The van der Waals surface area contributed by atoms with Gasteiger partial charge in [-0.2, -0.15) is 4.31 Å². The number of aromatic hydroxyl groups is 1. The number of hydrogen-bond donors (Lipinski definition) is 2. The fourth-order valence-electron chi connectivity index (χ4n) is 3.68. The molecule has 0 spiro atoms. The molecular weight excluding hydrogens is 376 g/mol. The Morgan fingerprint density at radius 1 is 1.07 bits per heavy atom. The number of nitrogens with zero attached hydrogens (tertiary/aromatic N) is 3. The van der Waals surface area contributed by atoms with Crippen molar-refractivity contribution in [2.75, 3.05) is 26.2 Å². The summed E-state index contributed by atoms with van der Waals surface area (Å²) in [5.41, 5.74) is 1.90. The molecule has 4 rings (SSSR count). The van der Waals surface area contributed by atoms with Crippen LogP contribution in [0.25, 0.3) is 22.2 Å². The van der Waals surface area contributed by atoms with Crippen LogP contribution in [-0.4, -0.2) is 64.9 Å². The van der Waals surface area contributed by atoms with Crippen LogP contribution in [0.1, 0.15) is 13.8 Å². The molecule has 148 valence electrons. The maximum Gasteiger partial charge on any atom is 0.244 e. The molecule has 0 radical (unpaired) electrons. The topological polar surface area (TPSA) is 89.5 Å². The molecule has 1 aliphatic rings. The van der Waals surface area contributed by atoms with Crippen LogP contribution in [0.2, 0.25) is 0 Å². The molecule has 0 amide bonds. The molecule has 28 heavy (non-hydrogen) atoms. The Kier molecular flexibility index (Phi) is 4.86. The third-order valence-corrected chi connectivity index (χ3v) is 7.20. The summed E-state index contributed by atoms with van der Waals surface area (Å²) in [5.74, 6) is 0.0223. The third-order valence-electron chi connectivity index (χ3n) is 5.32. The molecule has 2 aromatic heterocycles. The van der Waals surface area contributed by atoms with Gasteiger partial charge in [0.15, 0.2) is 5.88 Å². The summed E-state index contributed by atoms with van der Waals surface area (Å²) in [6.07, 6.45) is 1.38. The Hall–Kier alpha value is -2.42. The molecule has 3 aromatic rings. The van der Waals surface area contributed by atoms with E-state index in [1.807, 2.05) is 24.3 Å². The Labute approximate surface area is 164 Å². The predicted molar refractivity (Wildman–Crippen MR) is 109 cm³/mol. The van der Waals surface area contributed by atoms with Crippen molar-refractivity contribution in [3.63, 3.8) is 0 Å². The molecule has 2 N–H and O–H groups in total. The lowest BCUT2D eigenvalue weighted by molar-refractivity contribution is 0.154. The van der Waals surface area contributed by atoms with Gasteiger partial charge in [0.2, 0.25) is 10.0 Å². The summed E-state index contributed by atoms with van der Waals surface area (Å²) < 4.78 is 27.4. The second-order valence-corrected chi connectivity index (χ2v) is 9.25. The van der Waals surface area contributed by atoms with E-state index in [1.54, 1.807) is 12.1 Å². The summed E-state index contributed by atoms with van der Waals surface area (Å²) in [5, 5.41) is 11.1. The van der Waals surface area contributed by atoms with E-state index >= 15 is 0 Å². The summed E-state index contributed by atoms with van der Waals surface area (Å²) in [6.45, 7) is 6.65. The lowest BCUT2D eigenvalue weighted by Crippen LogP contribution is -2.50. The molecule has 8 heteroatoms. The van der Waals surface area contributed by atoms with Crippen LogP contribution in [-0.2, 0) is 10.0 Å². The Bertz CT molecular complexity index is 1080. The van der Waals surface area contributed by atoms with Gasteiger partial charge in [-0.3, -0.25) is 9.88 Å². The fourth-order valence-corrected chi connectivity index (χ4v) is 5.05. The zero-order valence-corrected chi connectivity index (χ0v) is 16.8. The average molecular weight is 401 g/mol. The molecular formula is C20H24N4O3S. The minimum absolute atomic E-state index is 0.0223. The lowest BCUT2D eigenvalue weighted by Gasteiger charge is -2.36. The second kappa shape index (κ2) is 7.20. The fraction of sp³-hybridized carbons (Fsp3) is 0.350.